The molecule has 0 spiro atoms. The first-order valence-electron chi connectivity index (χ1n) is 5.38. The van der Waals surface area contributed by atoms with Gasteiger partial charge >= 0.3 is 0 Å². The Bertz CT molecular complexity index is 323. The lowest BCUT2D eigenvalue weighted by Crippen LogP contribution is -2.32. The fourth-order valence-corrected chi connectivity index (χ4v) is 2.39. The summed E-state index contributed by atoms with van der Waals surface area (Å²) in [6.07, 6.45) is 7.70. The Labute approximate surface area is 88.9 Å². The topological polar surface area (TPSA) is 50.9 Å². The lowest BCUT2D eigenvalue weighted by Gasteiger charge is -2.22. The molecule has 1 atom stereocenters. The van der Waals surface area contributed by atoms with Gasteiger partial charge in [0.25, 0.3) is 0 Å². The first-order chi connectivity index (χ1) is 7.31. The molecule has 0 bridgehead atoms. The third-order valence-electron chi connectivity index (χ3n) is 3.14. The number of nitrogens with two attached hydrogens (primary N) is 1. The monoisotopic (exact) mass is 209 g/mol. The molecule has 0 aromatic carbocycles. The summed E-state index contributed by atoms with van der Waals surface area (Å²) in [5.41, 5.74) is 3.63. The van der Waals surface area contributed by atoms with Gasteiger partial charge in [-0.1, -0.05) is 12.8 Å². The highest BCUT2D eigenvalue weighted by Gasteiger charge is 2.25. The number of nitrogens with one attached hydrogen (secondary N) is 1. The van der Waals surface area contributed by atoms with Crippen LogP contribution < -0.4 is 11.3 Å². The van der Waals surface area contributed by atoms with E-state index in [1.165, 1.54) is 25.1 Å². The van der Waals surface area contributed by atoms with Crippen LogP contribution in [0.4, 0.5) is 4.39 Å². The predicted molar refractivity (Wildman–Crippen MR) is 56.2 cm³/mol. The van der Waals surface area contributed by atoms with Gasteiger partial charge in [0.15, 0.2) is 0 Å². The van der Waals surface area contributed by atoms with Crippen molar-refractivity contribution in [2.75, 3.05) is 0 Å². The van der Waals surface area contributed by atoms with Crippen LogP contribution in [0.5, 0.6) is 0 Å². The number of nitrogens with zero attached hydrogens (tertiary/aromatic N) is 1. The second kappa shape index (κ2) is 4.68. The van der Waals surface area contributed by atoms with E-state index >= 15 is 0 Å². The maximum Gasteiger partial charge on any atom is 0.141 e. The zero-order valence-electron chi connectivity index (χ0n) is 8.62. The minimum Gasteiger partial charge on any atom is -0.271 e. The molecule has 2 rings (SSSR count). The first kappa shape index (κ1) is 10.5. The number of pyridine rings is 1. The molecule has 1 heterocycles. The Morgan fingerprint density at radius 1 is 1.40 bits per heavy atom. The third-order valence-corrected chi connectivity index (χ3v) is 3.14. The molecule has 1 aromatic rings. The molecule has 1 aliphatic carbocycles. The standard InChI is InChI=1S/C11H16FN3/c12-10-5-9(6-14-7-10)11(15-13)8-3-1-2-4-8/h5-8,11,15H,1-4,13H2. The molecule has 4 heteroatoms. The van der Waals surface area contributed by atoms with Crippen molar-refractivity contribution in [1.82, 2.24) is 10.4 Å². The summed E-state index contributed by atoms with van der Waals surface area (Å²) in [6.45, 7) is 0. The molecule has 3 nitrogen and oxygen atoms in total. The molecule has 0 radical (unpaired) electrons. The van der Waals surface area contributed by atoms with Gasteiger partial charge in [0.2, 0.25) is 0 Å². The van der Waals surface area contributed by atoms with Gasteiger partial charge in [0, 0.05) is 6.20 Å². The SMILES string of the molecule is NNC(c1cncc(F)c1)C1CCCC1. The summed E-state index contributed by atoms with van der Waals surface area (Å²) < 4.78 is 13.0. The normalized spacial score (nSPS) is 19.3. The number of aromatic nitrogens is 1. The van der Waals surface area contributed by atoms with Crippen LogP contribution in [0.25, 0.3) is 0 Å². The van der Waals surface area contributed by atoms with E-state index in [2.05, 4.69) is 10.4 Å². The summed E-state index contributed by atoms with van der Waals surface area (Å²) in [4.78, 5) is 3.85. The molecule has 1 saturated carbocycles. The van der Waals surface area contributed by atoms with Gasteiger partial charge in [-0.3, -0.25) is 16.3 Å². The van der Waals surface area contributed by atoms with Gasteiger partial charge in [-0.2, -0.15) is 0 Å². The van der Waals surface area contributed by atoms with Crippen molar-refractivity contribution in [1.29, 1.82) is 0 Å². The van der Waals surface area contributed by atoms with E-state index in [1.807, 2.05) is 0 Å². The average Bonchev–Trinajstić information content (AvgIpc) is 2.72. The van der Waals surface area contributed by atoms with Crippen LogP contribution in [-0.4, -0.2) is 4.98 Å². The average molecular weight is 209 g/mol. The smallest absolute Gasteiger partial charge is 0.141 e. The fraction of sp³-hybridized carbons (Fsp3) is 0.545. The number of hydrogen-bond acceptors (Lipinski definition) is 3. The van der Waals surface area contributed by atoms with Crippen molar-refractivity contribution >= 4 is 0 Å². The van der Waals surface area contributed by atoms with Gasteiger partial charge in [0.1, 0.15) is 5.82 Å². The van der Waals surface area contributed by atoms with Crippen molar-refractivity contribution in [2.24, 2.45) is 11.8 Å². The molecule has 3 N–H and O–H groups in total. The maximum absolute atomic E-state index is 13.0. The molecule has 0 aliphatic heterocycles. The summed E-state index contributed by atoms with van der Waals surface area (Å²) >= 11 is 0. The number of hydrogen-bond donors (Lipinski definition) is 2. The molecule has 1 aromatic heterocycles. The van der Waals surface area contributed by atoms with Gasteiger partial charge in [0.05, 0.1) is 12.2 Å². The van der Waals surface area contributed by atoms with Crippen LogP contribution in [0.3, 0.4) is 0 Å². The fourth-order valence-electron chi connectivity index (χ4n) is 2.39. The molecule has 15 heavy (non-hydrogen) atoms. The van der Waals surface area contributed by atoms with E-state index in [0.717, 1.165) is 18.4 Å². The van der Waals surface area contributed by atoms with E-state index in [9.17, 15) is 4.39 Å². The Hall–Kier alpha value is -1.00. The molecule has 1 fully saturated rings. The largest absolute Gasteiger partial charge is 0.271 e. The van der Waals surface area contributed by atoms with Gasteiger partial charge in [-0.15, -0.1) is 0 Å². The van der Waals surface area contributed by atoms with Crippen LogP contribution in [0.2, 0.25) is 0 Å². The second-order valence-corrected chi connectivity index (χ2v) is 4.13. The van der Waals surface area contributed by atoms with Crippen molar-refractivity contribution in [3.63, 3.8) is 0 Å². The van der Waals surface area contributed by atoms with Gasteiger partial charge in [-0.05, 0) is 30.4 Å². The lowest BCUT2D eigenvalue weighted by molar-refractivity contribution is 0.371. The third kappa shape index (κ3) is 2.33. The highest BCUT2D eigenvalue weighted by molar-refractivity contribution is 5.16. The Morgan fingerprint density at radius 2 is 2.13 bits per heavy atom. The van der Waals surface area contributed by atoms with Crippen molar-refractivity contribution in [2.45, 2.75) is 31.7 Å². The summed E-state index contributed by atoms with van der Waals surface area (Å²) in [6, 6.07) is 1.55. The number of halogens is 1. The lowest BCUT2D eigenvalue weighted by atomic mass is 9.93. The van der Waals surface area contributed by atoms with Crippen molar-refractivity contribution in [3.05, 3.63) is 29.8 Å². The van der Waals surface area contributed by atoms with Crippen LogP contribution in [0.1, 0.15) is 37.3 Å². The minimum absolute atomic E-state index is 0.0377. The highest BCUT2D eigenvalue weighted by atomic mass is 19.1. The molecular formula is C11H16FN3. The predicted octanol–water partition coefficient (Wildman–Crippen LogP) is 1.92. The molecule has 1 unspecified atom stereocenters. The zero-order valence-corrected chi connectivity index (χ0v) is 8.62. The van der Waals surface area contributed by atoms with Gasteiger partial charge < -0.3 is 0 Å². The van der Waals surface area contributed by atoms with Gasteiger partial charge in [-0.25, -0.2) is 4.39 Å². The second-order valence-electron chi connectivity index (χ2n) is 4.13. The first-order valence-corrected chi connectivity index (χ1v) is 5.38. The van der Waals surface area contributed by atoms with E-state index in [1.54, 1.807) is 6.20 Å². The van der Waals surface area contributed by atoms with E-state index < -0.39 is 0 Å². The number of rotatable bonds is 3. The quantitative estimate of drug-likeness (QED) is 0.590. The number of hydrazine groups is 1. The molecular weight excluding hydrogens is 193 g/mol. The molecule has 82 valence electrons. The van der Waals surface area contributed by atoms with Crippen molar-refractivity contribution in [3.8, 4) is 0 Å². The van der Waals surface area contributed by atoms with E-state index in [0.29, 0.717) is 5.92 Å². The molecule has 0 saturated heterocycles. The van der Waals surface area contributed by atoms with Crippen LogP contribution in [0, 0.1) is 11.7 Å². The van der Waals surface area contributed by atoms with Crippen LogP contribution >= 0.6 is 0 Å². The highest BCUT2D eigenvalue weighted by Crippen LogP contribution is 2.34. The molecule has 0 amide bonds. The molecule has 1 aliphatic rings. The van der Waals surface area contributed by atoms with E-state index in [-0.39, 0.29) is 11.9 Å². The summed E-state index contributed by atoms with van der Waals surface area (Å²) in [5.74, 6) is 5.75. The van der Waals surface area contributed by atoms with Crippen LogP contribution in [-0.2, 0) is 0 Å². The van der Waals surface area contributed by atoms with E-state index in [4.69, 9.17) is 5.84 Å². The minimum atomic E-state index is -0.300. The Kier molecular flexibility index (Phi) is 3.28. The zero-order chi connectivity index (χ0) is 10.7. The van der Waals surface area contributed by atoms with Crippen molar-refractivity contribution < 1.29 is 4.39 Å². The Morgan fingerprint density at radius 3 is 2.73 bits per heavy atom. The maximum atomic E-state index is 13.0. The Balaban J connectivity index is 2.18. The van der Waals surface area contributed by atoms with Crippen LogP contribution in [0.15, 0.2) is 18.5 Å². The summed E-state index contributed by atoms with van der Waals surface area (Å²) in [5, 5.41) is 0. The summed E-state index contributed by atoms with van der Waals surface area (Å²) in [7, 11) is 0.